The second-order valence-electron chi connectivity index (χ2n) is 9.02. The van der Waals surface area contributed by atoms with Crippen LogP contribution in [0.25, 0.3) is 0 Å². The van der Waals surface area contributed by atoms with E-state index in [4.69, 9.17) is 5.26 Å². The Morgan fingerprint density at radius 3 is 2.50 bits per heavy atom. The number of aromatic nitrogens is 1. The van der Waals surface area contributed by atoms with Gasteiger partial charge in [0, 0.05) is 48.5 Å². The third-order valence-corrected chi connectivity index (χ3v) is 7.21. The molecule has 3 heterocycles. The van der Waals surface area contributed by atoms with E-state index < -0.39 is 17.2 Å². The largest absolute Gasteiger partial charge is 0.347 e. The summed E-state index contributed by atoms with van der Waals surface area (Å²) in [6.07, 6.45) is 5.97. The van der Waals surface area contributed by atoms with Gasteiger partial charge in [-0.1, -0.05) is 6.07 Å². The zero-order valence-corrected chi connectivity index (χ0v) is 17.7. The van der Waals surface area contributed by atoms with Crippen molar-refractivity contribution in [3.05, 3.63) is 59.3 Å². The van der Waals surface area contributed by atoms with Gasteiger partial charge in [-0.05, 0) is 50.3 Å². The molecule has 2 aromatic rings. The van der Waals surface area contributed by atoms with E-state index in [1.807, 2.05) is 11.0 Å². The standard InChI is InChI=1S/C24H25F2N5O/c25-17-3-6-20(21(26)10-17)24(8-1-9-24)29-13-23(32)30-14-18-4-5-19(15-30)31(18)22-7-2-16(11-27)12-28-22/h2-3,6-7,10,12,18-19,29H,1,4-5,8-9,13-15H2. The van der Waals surface area contributed by atoms with Crippen LogP contribution in [0.2, 0.25) is 0 Å². The summed E-state index contributed by atoms with van der Waals surface area (Å²) in [6.45, 7) is 1.37. The van der Waals surface area contributed by atoms with E-state index in [9.17, 15) is 13.6 Å². The molecule has 1 aromatic heterocycles. The number of carbonyl (C=O) groups excluding carboxylic acids is 1. The van der Waals surface area contributed by atoms with Crippen LogP contribution < -0.4 is 10.2 Å². The molecule has 8 heteroatoms. The van der Waals surface area contributed by atoms with Crippen LogP contribution in [0.5, 0.6) is 0 Å². The van der Waals surface area contributed by atoms with E-state index in [2.05, 4.69) is 21.3 Å². The smallest absolute Gasteiger partial charge is 0.236 e. The number of amides is 1. The van der Waals surface area contributed by atoms with Gasteiger partial charge in [-0.3, -0.25) is 10.1 Å². The highest BCUT2D eigenvalue weighted by Crippen LogP contribution is 2.42. The number of nitrogens with zero attached hydrogens (tertiary/aromatic N) is 4. The van der Waals surface area contributed by atoms with Crippen molar-refractivity contribution in [2.75, 3.05) is 24.5 Å². The summed E-state index contributed by atoms with van der Waals surface area (Å²) in [5.41, 5.74) is 0.374. The van der Waals surface area contributed by atoms with Crippen molar-refractivity contribution in [2.45, 2.75) is 49.7 Å². The van der Waals surface area contributed by atoms with Crippen molar-refractivity contribution < 1.29 is 13.6 Å². The van der Waals surface area contributed by atoms with Gasteiger partial charge >= 0.3 is 0 Å². The first kappa shape index (κ1) is 20.8. The number of carbonyl (C=O) groups is 1. The predicted octanol–water partition coefficient (Wildman–Crippen LogP) is 3.08. The average Bonchev–Trinajstić information content (AvgIpc) is 3.03. The fraction of sp³-hybridized carbons (Fsp3) is 0.458. The zero-order valence-electron chi connectivity index (χ0n) is 17.7. The molecule has 3 aliphatic rings. The Hall–Kier alpha value is -3.05. The van der Waals surface area contributed by atoms with Crippen LogP contribution in [0.1, 0.15) is 43.2 Å². The van der Waals surface area contributed by atoms with Crippen molar-refractivity contribution in [3.8, 4) is 6.07 Å². The molecule has 2 atom stereocenters. The number of anilines is 1. The van der Waals surface area contributed by atoms with Gasteiger partial charge in [0.2, 0.25) is 5.91 Å². The molecule has 1 aliphatic carbocycles. The number of hydrogen-bond donors (Lipinski definition) is 1. The zero-order chi connectivity index (χ0) is 22.3. The molecule has 0 radical (unpaired) electrons. The van der Waals surface area contributed by atoms with E-state index in [1.54, 1.807) is 12.3 Å². The molecule has 0 spiro atoms. The molecule has 32 heavy (non-hydrogen) atoms. The van der Waals surface area contributed by atoms with Crippen molar-refractivity contribution >= 4 is 11.7 Å². The fourth-order valence-electron chi connectivity index (χ4n) is 5.39. The van der Waals surface area contributed by atoms with Gasteiger partial charge in [0.1, 0.15) is 23.5 Å². The van der Waals surface area contributed by atoms with E-state index in [1.165, 1.54) is 12.1 Å². The lowest BCUT2D eigenvalue weighted by molar-refractivity contribution is -0.131. The van der Waals surface area contributed by atoms with Crippen molar-refractivity contribution in [1.82, 2.24) is 15.2 Å². The minimum atomic E-state index is -0.597. The Bertz CT molecular complexity index is 1050. The molecular weight excluding hydrogens is 412 g/mol. The molecule has 1 aromatic carbocycles. The average molecular weight is 437 g/mol. The van der Waals surface area contributed by atoms with Gasteiger partial charge in [0.15, 0.2) is 0 Å². The molecule has 2 aliphatic heterocycles. The second kappa shape index (κ2) is 8.14. The minimum Gasteiger partial charge on any atom is -0.347 e. The maximum absolute atomic E-state index is 14.4. The lowest BCUT2D eigenvalue weighted by atomic mass is 9.71. The van der Waals surface area contributed by atoms with Gasteiger partial charge < -0.3 is 9.80 Å². The molecule has 5 rings (SSSR count). The van der Waals surface area contributed by atoms with E-state index >= 15 is 0 Å². The van der Waals surface area contributed by atoms with Crippen LogP contribution in [-0.2, 0) is 10.3 Å². The Balaban J connectivity index is 1.24. The highest BCUT2D eigenvalue weighted by Gasteiger charge is 2.44. The van der Waals surface area contributed by atoms with E-state index in [0.29, 0.717) is 24.2 Å². The minimum absolute atomic E-state index is 0.00290. The summed E-state index contributed by atoms with van der Waals surface area (Å²) in [7, 11) is 0. The number of nitrogens with one attached hydrogen (secondary N) is 1. The molecule has 2 bridgehead atoms. The summed E-state index contributed by atoms with van der Waals surface area (Å²) in [5, 5.41) is 12.3. The molecular formula is C24H25F2N5O. The molecule has 6 nitrogen and oxygen atoms in total. The topological polar surface area (TPSA) is 72.3 Å². The van der Waals surface area contributed by atoms with Gasteiger partial charge in [0.05, 0.1) is 12.1 Å². The first-order chi connectivity index (χ1) is 15.5. The molecule has 1 saturated carbocycles. The summed E-state index contributed by atoms with van der Waals surface area (Å²) in [5.74, 6) is -0.307. The Morgan fingerprint density at radius 2 is 1.94 bits per heavy atom. The second-order valence-corrected chi connectivity index (χ2v) is 9.02. The molecule has 2 unspecified atom stereocenters. The van der Waals surface area contributed by atoms with Gasteiger partial charge in [-0.2, -0.15) is 5.26 Å². The molecule has 166 valence electrons. The van der Waals surface area contributed by atoms with Crippen LogP contribution in [-0.4, -0.2) is 47.5 Å². The number of piperazine rings is 1. The maximum Gasteiger partial charge on any atom is 0.236 e. The quantitative estimate of drug-likeness (QED) is 0.779. The van der Waals surface area contributed by atoms with Crippen molar-refractivity contribution in [2.24, 2.45) is 0 Å². The predicted molar refractivity (Wildman–Crippen MR) is 115 cm³/mol. The van der Waals surface area contributed by atoms with E-state index in [0.717, 1.165) is 44.0 Å². The lowest BCUT2D eigenvalue weighted by Gasteiger charge is -2.45. The molecule has 1 amide bonds. The summed E-state index contributed by atoms with van der Waals surface area (Å²) in [4.78, 5) is 21.7. The van der Waals surface area contributed by atoms with Crippen LogP contribution in [0, 0.1) is 23.0 Å². The highest BCUT2D eigenvalue weighted by molar-refractivity contribution is 5.79. The van der Waals surface area contributed by atoms with Crippen LogP contribution in [0.4, 0.5) is 14.6 Å². The third kappa shape index (κ3) is 3.61. The van der Waals surface area contributed by atoms with Crippen molar-refractivity contribution in [3.63, 3.8) is 0 Å². The van der Waals surface area contributed by atoms with Gasteiger partial charge in [0.25, 0.3) is 0 Å². The van der Waals surface area contributed by atoms with Crippen LogP contribution >= 0.6 is 0 Å². The number of hydrogen-bond acceptors (Lipinski definition) is 5. The number of rotatable bonds is 5. The molecule has 2 saturated heterocycles. The number of fused-ring (bicyclic) bond motifs is 2. The first-order valence-corrected chi connectivity index (χ1v) is 11.1. The highest BCUT2D eigenvalue weighted by atomic mass is 19.1. The third-order valence-electron chi connectivity index (χ3n) is 7.21. The first-order valence-electron chi connectivity index (χ1n) is 11.1. The van der Waals surface area contributed by atoms with Gasteiger partial charge in [-0.15, -0.1) is 0 Å². The number of halogens is 2. The number of benzene rings is 1. The molecule has 1 N–H and O–H groups in total. The Kier molecular flexibility index (Phi) is 5.30. The summed E-state index contributed by atoms with van der Waals surface area (Å²) >= 11 is 0. The normalized spacial score (nSPS) is 23.5. The number of nitriles is 1. The Morgan fingerprint density at radius 1 is 1.19 bits per heavy atom. The van der Waals surface area contributed by atoms with E-state index in [-0.39, 0.29) is 24.5 Å². The fourth-order valence-corrected chi connectivity index (χ4v) is 5.39. The van der Waals surface area contributed by atoms with Crippen LogP contribution in [0.15, 0.2) is 36.5 Å². The Labute approximate surface area is 185 Å². The SMILES string of the molecule is N#Cc1ccc(N2C3CCC2CN(C(=O)CNC2(c4ccc(F)cc4F)CCC2)C3)nc1. The summed E-state index contributed by atoms with van der Waals surface area (Å²) < 4.78 is 27.7. The number of likely N-dealkylation sites (tertiary alicyclic amines) is 1. The van der Waals surface area contributed by atoms with Crippen molar-refractivity contribution in [1.29, 1.82) is 5.26 Å². The van der Waals surface area contributed by atoms with Gasteiger partial charge in [-0.25, -0.2) is 13.8 Å². The van der Waals surface area contributed by atoms with Crippen LogP contribution in [0.3, 0.4) is 0 Å². The number of pyridine rings is 1. The molecule has 3 fully saturated rings. The lowest BCUT2D eigenvalue weighted by Crippen LogP contribution is -2.58. The maximum atomic E-state index is 14.4. The summed E-state index contributed by atoms with van der Waals surface area (Å²) in [6, 6.07) is 9.81. The monoisotopic (exact) mass is 437 g/mol.